The van der Waals surface area contributed by atoms with Crippen molar-refractivity contribution in [1.82, 2.24) is 10.2 Å². The lowest BCUT2D eigenvalue weighted by Crippen LogP contribution is -2.44. The number of benzene rings is 2. The molecule has 0 saturated heterocycles. The summed E-state index contributed by atoms with van der Waals surface area (Å²) >= 11 is 0. The molecular weight excluding hydrogens is 334 g/mol. The number of ketones is 1. The van der Waals surface area contributed by atoms with Crippen molar-refractivity contribution in [3.8, 4) is 0 Å². The molecular formula is C23H29N3O. The fourth-order valence-electron chi connectivity index (χ4n) is 3.62. The first kappa shape index (κ1) is 19.3. The van der Waals surface area contributed by atoms with Crippen LogP contribution >= 0.6 is 0 Å². The van der Waals surface area contributed by atoms with E-state index in [9.17, 15) is 4.79 Å². The molecule has 3 N–H and O–H groups in total. The minimum atomic E-state index is -0.0896. The van der Waals surface area contributed by atoms with Gasteiger partial charge in [-0.1, -0.05) is 42.5 Å². The van der Waals surface area contributed by atoms with Gasteiger partial charge in [0, 0.05) is 48.1 Å². The highest BCUT2D eigenvalue weighted by Gasteiger charge is 2.28. The third-order valence-electron chi connectivity index (χ3n) is 4.87. The van der Waals surface area contributed by atoms with Crippen molar-refractivity contribution in [3.05, 3.63) is 76.9 Å². The third-order valence-corrected chi connectivity index (χ3v) is 4.87. The van der Waals surface area contributed by atoms with Gasteiger partial charge in [-0.15, -0.1) is 0 Å². The Morgan fingerprint density at radius 2 is 1.96 bits per heavy atom. The van der Waals surface area contributed by atoms with Crippen LogP contribution in [0.15, 0.2) is 54.6 Å². The molecule has 0 atom stereocenters. The highest BCUT2D eigenvalue weighted by Crippen LogP contribution is 2.31. The van der Waals surface area contributed by atoms with Crippen molar-refractivity contribution >= 4 is 11.5 Å². The van der Waals surface area contributed by atoms with Crippen molar-refractivity contribution in [1.29, 1.82) is 0 Å². The predicted molar refractivity (Wildman–Crippen MR) is 111 cm³/mol. The molecule has 0 bridgehead atoms. The van der Waals surface area contributed by atoms with Crippen LogP contribution in [-0.4, -0.2) is 36.4 Å². The zero-order valence-corrected chi connectivity index (χ0v) is 16.5. The van der Waals surface area contributed by atoms with Crippen molar-refractivity contribution in [2.45, 2.75) is 32.4 Å². The summed E-state index contributed by atoms with van der Waals surface area (Å²) in [6.45, 7) is 6.68. The number of nitrogens with two attached hydrogens (primary N) is 1. The van der Waals surface area contributed by atoms with E-state index in [1.54, 1.807) is 6.08 Å². The van der Waals surface area contributed by atoms with E-state index in [0.29, 0.717) is 12.1 Å². The maximum Gasteiger partial charge on any atom is 0.187 e. The number of nitrogens with zero attached hydrogens (tertiary/aromatic N) is 1. The molecule has 0 spiro atoms. The molecule has 0 aromatic heterocycles. The summed E-state index contributed by atoms with van der Waals surface area (Å²) in [4.78, 5) is 15.0. The topological polar surface area (TPSA) is 58.4 Å². The summed E-state index contributed by atoms with van der Waals surface area (Å²) in [6.07, 6.45) is 2.67. The molecule has 2 aromatic carbocycles. The van der Waals surface area contributed by atoms with Gasteiger partial charge < -0.3 is 16.0 Å². The van der Waals surface area contributed by atoms with Gasteiger partial charge in [-0.3, -0.25) is 4.79 Å². The van der Waals surface area contributed by atoms with Gasteiger partial charge in [0.05, 0.1) is 0 Å². The van der Waals surface area contributed by atoms with Crippen LogP contribution in [0, 0.1) is 0 Å². The van der Waals surface area contributed by atoms with Crippen LogP contribution < -0.4 is 11.1 Å². The third kappa shape index (κ3) is 4.85. The number of nitrogens with one attached hydrogen (secondary N) is 1. The Bertz CT molecular complexity index is 840. The molecule has 142 valence electrons. The van der Waals surface area contributed by atoms with E-state index in [1.807, 2.05) is 30.3 Å². The molecule has 0 saturated carbocycles. The number of rotatable bonds is 6. The first-order chi connectivity index (χ1) is 12.9. The number of carbonyl (C=O) groups is 1. The van der Waals surface area contributed by atoms with E-state index in [1.165, 1.54) is 11.1 Å². The summed E-state index contributed by atoms with van der Waals surface area (Å²) in [6, 6.07) is 16.0. The summed E-state index contributed by atoms with van der Waals surface area (Å²) in [5, 5.41) is 3.56. The first-order valence-electron chi connectivity index (χ1n) is 9.48. The van der Waals surface area contributed by atoms with Gasteiger partial charge in [0.2, 0.25) is 0 Å². The molecule has 0 fully saturated rings. The van der Waals surface area contributed by atoms with Gasteiger partial charge in [0.1, 0.15) is 0 Å². The lowest BCUT2D eigenvalue weighted by molar-refractivity contribution is 0.104. The first-order valence-corrected chi connectivity index (χ1v) is 9.48. The van der Waals surface area contributed by atoms with Crippen molar-refractivity contribution in [2.24, 2.45) is 5.73 Å². The van der Waals surface area contributed by atoms with Gasteiger partial charge in [-0.25, -0.2) is 0 Å². The Labute approximate surface area is 162 Å². The molecule has 1 heterocycles. The number of carbonyl (C=O) groups excluding carboxylic acids is 1. The summed E-state index contributed by atoms with van der Waals surface area (Å²) in [5.41, 5.74) is 10.8. The van der Waals surface area contributed by atoms with Gasteiger partial charge >= 0.3 is 0 Å². The number of likely N-dealkylation sites (N-methyl/N-ethyl adjacent to an activating group) is 1. The highest BCUT2D eigenvalue weighted by molar-refractivity contribution is 6.08. The van der Waals surface area contributed by atoms with E-state index in [4.69, 9.17) is 5.73 Å². The molecule has 3 rings (SSSR count). The Morgan fingerprint density at radius 1 is 1.22 bits per heavy atom. The van der Waals surface area contributed by atoms with Crippen molar-refractivity contribution < 1.29 is 4.79 Å². The number of hydrogen-bond acceptors (Lipinski definition) is 4. The second kappa shape index (κ2) is 8.07. The van der Waals surface area contributed by atoms with Crippen LogP contribution in [0.5, 0.6) is 0 Å². The molecule has 4 heteroatoms. The van der Waals surface area contributed by atoms with Crippen LogP contribution in [0.4, 0.5) is 0 Å². The van der Waals surface area contributed by atoms with E-state index < -0.39 is 0 Å². The van der Waals surface area contributed by atoms with Crippen LogP contribution in [0.2, 0.25) is 0 Å². The van der Waals surface area contributed by atoms with Gasteiger partial charge in [-0.2, -0.15) is 0 Å². The minimum absolute atomic E-state index is 0.0207. The molecule has 2 aromatic rings. The minimum Gasteiger partial charge on any atom is -0.379 e. The van der Waals surface area contributed by atoms with Gasteiger partial charge in [0.15, 0.2) is 5.78 Å². The van der Waals surface area contributed by atoms with E-state index in [2.05, 4.69) is 49.3 Å². The van der Waals surface area contributed by atoms with E-state index in [-0.39, 0.29) is 11.3 Å². The van der Waals surface area contributed by atoms with Crippen LogP contribution in [0.25, 0.3) is 5.70 Å². The average Bonchev–Trinajstić information content (AvgIpc) is 2.62. The van der Waals surface area contributed by atoms with Crippen LogP contribution in [0.1, 0.15) is 40.9 Å². The van der Waals surface area contributed by atoms with Gasteiger partial charge in [-0.05, 0) is 44.5 Å². The van der Waals surface area contributed by atoms with Gasteiger partial charge in [0.25, 0.3) is 0 Å². The van der Waals surface area contributed by atoms with Crippen molar-refractivity contribution in [3.63, 3.8) is 0 Å². The summed E-state index contributed by atoms with van der Waals surface area (Å²) in [7, 11) is 2.07. The van der Waals surface area contributed by atoms with Crippen LogP contribution in [0.3, 0.4) is 0 Å². The molecule has 1 aliphatic rings. The van der Waals surface area contributed by atoms with Crippen LogP contribution in [-0.2, 0) is 13.0 Å². The van der Waals surface area contributed by atoms with E-state index in [0.717, 1.165) is 30.8 Å². The Hall–Kier alpha value is -2.43. The molecule has 1 aliphatic heterocycles. The maximum absolute atomic E-state index is 12.7. The van der Waals surface area contributed by atoms with E-state index >= 15 is 0 Å². The molecule has 0 aliphatic carbocycles. The molecule has 0 radical (unpaired) electrons. The lowest BCUT2D eigenvalue weighted by atomic mass is 9.84. The molecule has 0 unspecified atom stereocenters. The smallest absolute Gasteiger partial charge is 0.187 e. The average molecular weight is 364 g/mol. The monoisotopic (exact) mass is 363 g/mol. The maximum atomic E-state index is 12.7. The zero-order chi connectivity index (χ0) is 19.4. The second-order valence-electron chi connectivity index (χ2n) is 7.99. The summed E-state index contributed by atoms with van der Waals surface area (Å²) in [5.74, 6) is 0.0207. The molecule has 27 heavy (non-hydrogen) atoms. The Balaban J connectivity index is 1.95. The Kier molecular flexibility index (Phi) is 5.78. The normalized spacial score (nSPS) is 16.9. The lowest BCUT2D eigenvalue weighted by Gasteiger charge is -2.36. The summed E-state index contributed by atoms with van der Waals surface area (Å²) < 4.78 is 0. The molecule has 0 amide bonds. The largest absolute Gasteiger partial charge is 0.379 e. The highest BCUT2D eigenvalue weighted by atomic mass is 16.1. The second-order valence-corrected chi connectivity index (χ2v) is 7.99. The fourth-order valence-corrected chi connectivity index (χ4v) is 3.62. The number of hydrogen-bond donors (Lipinski definition) is 2. The zero-order valence-electron chi connectivity index (χ0n) is 16.5. The fraction of sp³-hybridized carbons (Fsp3) is 0.348. The number of allylic oxidation sites excluding steroid dienone is 1. The number of fused-ring (bicyclic) bond motifs is 1. The quantitative estimate of drug-likeness (QED) is 0.611. The predicted octanol–water partition coefficient (Wildman–Crippen LogP) is 3.23. The Morgan fingerprint density at radius 3 is 2.67 bits per heavy atom. The SMILES string of the molecule is CN(CCN)Cc1ccc2c(c1)/C(=C/C(=O)c1ccccc1)NC(C)(C)C2. The molecule has 4 nitrogen and oxygen atoms in total. The standard InChI is InChI=1S/C23H29N3O/c1-23(2)15-19-10-9-17(16-26(3)12-11-24)13-20(19)21(25-23)14-22(27)18-7-5-4-6-8-18/h4-10,13-14,25H,11-12,15-16,24H2,1-3H3/b21-14-. The van der Waals surface area contributed by atoms with Crippen molar-refractivity contribution in [2.75, 3.05) is 20.1 Å².